The summed E-state index contributed by atoms with van der Waals surface area (Å²) in [6.45, 7) is 9.55. The Bertz CT molecular complexity index is 692. The average molecular weight is 417 g/mol. The lowest BCUT2D eigenvalue weighted by Crippen LogP contribution is -2.53. The minimum Gasteiger partial charge on any atom is -0.396 e. The van der Waals surface area contributed by atoms with E-state index in [2.05, 4.69) is 39.8 Å². The summed E-state index contributed by atoms with van der Waals surface area (Å²) < 4.78 is 0. The molecule has 0 bridgehead atoms. The van der Waals surface area contributed by atoms with Gasteiger partial charge in [0, 0.05) is 6.61 Å². The second-order valence-corrected chi connectivity index (χ2v) is 11.8. The van der Waals surface area contributed by atoms with Crippen LogP contribution in [0.15, 0.2) is 23.3 Å². The molecular weight excluding hydrogens is 372 g/mol. The van der Waals surface area contributed by atoms with Crippen molar-refractivity contribution in [1.29, 1.82) is 0 Å². The van der Waals surface area contributed by atoms with Gasteiger partial charge in [0.25, 0.3) is 0 Å². The fourth-order valence-electron chi connectivity index (χ4n) is 8.51. The molecule has 0 amide bonds. The van der Waals surface area contributed by atoms with Crippen molar-refractivity contribution in [2.24, 2.45) is 40.4 Å². The summed E-state index contributed by atoms with van der Waals surface area (Å²) in [5.41, 5.74) is 3.18. The Balaban J connectivity index is 1.54. The summed E-state index contributed by atoms with van der Waals surface area (Å²) in [7, 11) is 0. The molecule has 30 heavy (non-hydrogen) atoms. The number of fused-ring (bicyclic) bond motifs is 5. The van der Waals surface area contributed by atoms with Crippen LogP contribution in [0.25, 0.3) is 0 Å². The average Bonchev–Trinajstić information content (AvgIpc) is 3.03. The van der Waals surface area contributed by atoms with E-state index in [9.17, 15) is 15.3 Å². The summed E-state index contributed by atoms with van der Waals surface area (Å²) in [4.78, 5) is 0. The van der Waals surface area contributed by atoms with Crippen LogP contribution in [0.3, 0.4) is 0 Å². The molecule has 3 fully saturated rings. The Morgan fingerprint density at radius 1 is 1.13 bits per heavy atom. The van der Waals surface area contributed by atoms with Gasteiger partial charge >= 0.3 is 0 Å². The molecule has 3 N–H and O–H groups in total. The second kappa shape index (κ2) is 8.37. The summed E-state index contributed by atoms with van der Waals surface area (Å²) in [6, 6.07) is 0. The summed E-state index contributed by atoms with van der Waals surface area (Å²) in [5.74, 6) is 3.12. The van der Waals surface area contributed by atoms with Gasteiger partial charge in [-0.15, -0.1) is 0 Å². The molecule has 0 saturated heterocycles. The predicted molar refractivity (Wildman–Crippen MR) is 122 cm³/mol. The molecule has 170 valence electrons. The van der Waals surface area contributed by atoms with E-state index in [0.29, 0.717) is 42.1 Å². The highest BCUT2D eigenvalue weighted by Gasteiger charge is 2.60. The maximum absolute atomic E-state index is 10.5. The molecule has 0 heterocycles. The number of aliphatic hydroxyl groups excluding tert-OH is 3. The maximum Gasteiger partial charge on any atom is 0.0836 e. The minimum atomic E-state index is -0.586. The number of hydrogen-bond donors (Lipinski definition) is 3. The third-order valence-electron chi connectivity index (χ3n) is 10.1. The highest BCUT2D eigenvalue weighted by Crippen LogP contribution is 2.67. The topological polar surface area (TPSA) is 60.7 Å². The molecule has 0 spiro atoms. The molecule has 0 aromatic carbocycles. The molecule has 0 radical (unpaired) electrons. The highest BCUT2D eigenvalue weighted by molar-refractivity contribution is 5.26. The Labute approximate surface area is 183 Å². The van der Waals surface area contributed by atoms with Crippen molar-refractivity contribution in [1.82, 2.24) is 0 Å². The molecule has 0 aliphatic heterocycles. The van der Waals surface area contributed by atoms with Gasteiger partial charge in [-0.1, -0.05) is 37.1 Å². The van der Waals surface area contributed by atoms with Gasteiger partial charge in [0.15, 0.2) is 0 Å². The molecule has 0 aromatic heterocycles. The quantitative estimate of drug-likeness (QED) is 0.536. The van der Waals surface area contributed by atoms with E-state index in [1.54, 1.807) is 0 Å². The van der Waals surface area contributed by atoms with E-state index in [1.807, 2.05) is 0 Å². The largest absolute Gasteiger partial charge is 0.396 e. The minimum absolute atomic E-state index is 0.0564. The van der Waals surface area contributed by atoms with Gasteiger partial charge in [-0.25, -0.2) is 0 Å². The Hall–Kier alpha value is -0.640. The van der Waals surface area contributed by atoms with Crippen LogP contribution < -0.4 is 0 Å². The third-order valence-corrected chi connectivity index (χ3v) is 10.1. The van der Waals surface area contributed by atoms with Crippen LogP contribution >= 0.6 is 0 Å². The van der Waals surface area contributed by atoms with E-state index < -0.39 is 12.2 Å². The Kier molecular flexibility index (Phi) is 6.29. The zero-order valence-electron chi connectivity index (χ0n) is 19.6. The molecule has 4 aliphatic carbocycles. The van der Waals surface area contributed by atoms with Crippen LogP contribution in [0.5, 0.6) is 0 Å². The predicted octanol–water partition coefficient (Wildman–Crippen LogP) is 5.25. The lowest BCUT2D eigenvalue weighted by molar-refractivity contribution is -0.0909. The Morgan fingerprint density at radius 2 is 1.90 bits per heavy atom. The Morgan fingerprint density at radius 3 is 2.60 bits per heavy atom. The number of hydrogen-bond acceptors (Lipinski definition) is 3. The van der Waals surface area contributed by atoms with Crippen LogP contribution in [0.4, 0.5) is 0 Å². The SMILES string of the molecule is CC(C)=CCC[C@H](CO)[C@H]1CC[C@H]2[C@@H]3CC=C4C[C@H](O)[C@@H](O)C[C@]4(C)[C@H]3CC[C@]12C. The van der Waals surface area contributed by atoms with E-state index in [0.717, 1.165) is 31.6 Å². The zero-order chi connectivity index (χ0) is 21.7. The lowest BCUT2D eigenvalue weighted by Gasteiger charge is -2.59. The van der Waals surface area contributed by atoms with E-state index in [4.69, 9.17) is 0 Å². The molecule has 9 atom stereocenters. The van der Waals surface area contributed by atoms with Crippen molar-refractivity contribution in [3.8, 4) is 0 Å². The molecule has 3 nitrogen and oxygen atoms in total. The monoisotopic (exact) mass is 416 g/mol. The fourth-order valence-corrected chi connectivity index (χ4v) is 8.51. The van der Waals surface area contributed by atoms with Crippen LogP contribution in [-0.2, 0) is 0 Å². The second-order valence-electron chi connectivity index (χ2n) is 11.8. The number of rotatable bonds is 5. The molecule has 4 rings (SSSR count). The molecule has 0 aromatic rings. The molecule has 0 unspecified atom stereocenters. The smallest absolute Gasteiger partial charge is 0.0836 e. The van der Waals surface area contributed by atoms with Crippen LogP contribution in [0, 0.1) is 40.4 Å². The summed E-state index contributed by atoms with van der Waals surface area (Å²) in [5, 5.41) is 31.0. The van der Waals surface area contributed by atoms with Crippen molar-refractivity contribution in [3.63, 3.8) is 0 Å². The molecule has 3 saturated carbocycles. The van der Waals surface area contributed by atoms with Gasteiger partial charge in [0.05, 0.1) is 12.2 Å². The first-order valence-electron chi connectivity index (χ1n) is 12.5. The van der Waals surface area contributed by atoms with Gasteiger partial charge in [0.1, 0.15) is 0 Å². The maximum atomic E-state index is 10.5. The standard InChI is InChI=1S/C27H44O3/c1-17(2)6-5-7-18(16-28)21-10-11-22-20-9-8-19-14-24(29)25(30)15-27(19,4)23(20)12-13-26(21,22)3/h6,8,18,20-25,28-30H,5,7,9-16H2,1-4H3/t18-,20+,21-,22+,23+,24+,25+,26-,27+/m1/s1. The van der Waals surface area contributed by atoms with Crippen molar-refractivity contribution < 1.29 is 15.3 Å². The van der Waals surface area contributed by atoms with Gasteiger partial charge in [-0.3, -0.25) is 0 Å². The van der Waals surface area contributed by atoms with E-state index in [-0.39, 0.29) is 5.41 Å². The van der Waals surface area contributed by atoms with Gasteiger partial charge in [-0.05, 0) is 112 Å². The van der Waals surface area contributed by atoms with Crippen molar-refractivity contribution in [2.45, 2.75) is 97.7 Å². The van der Waals surface area contributed by atoms with Gasteiger partial charge < -0.3 is 15.3 Å². The molecule has 3 heteroatoms. The normalized spacial score (nSPS) is 46.3. The third kappa shape index (κ3) is 3.63. The molecule has 4 aliphatic rings. The van der Waals surface area contributed by atoms with Crippen molar-refractivity contribution in [3.05, 3.63) is 23.3 Å². The first-order chi connectivity index (χ1) is 14.2. The van der Waals surface area contributed by atoms with E-state index >= 15 is 0 Å². The fraction of sp³-hybridized carbons (Fsp3) is 0.852. The molecular formula is C27H44O3. The van der Waals surface area contributed by atoms with Crippen molar-refractivity contribution in [2.75, 3.05) is 6.61 Å². The zero-order valence-corrected chi connectivity index (χ0v) is 19.6. The number of aliphatic hydroxyl groups is 3. The van der Waals surface area contributed by atoms with Crippen molar-refractivity contribution >= 4 is 0 Å². The van der Waals surface area contributed by atoms with Gasteiger partial charge in [-0.2, -0.15) is 0 Å². The van der Waals surface area contributed by atoms with Crippen LogP contribution in [0.2, 0.25) is 0 Å². The highest BCUT2D eigenvalue weighted by atomic mass is 16.3. The van der Waals surface area contributed by atoms with E-state index in [1.165, 1.54) is 36.8 Å². The lowest BCUT2D eigenvalue weighted by atomic mass is 9.46. The summed E-state index contributed by atoms with van der Waals surface area (Å²) in [6.07, 6.45) is 13.4. The number of allylic oxidation sites excluding steroid dienone is 3. The first kappa shape index (κ1) is 22.6. The van der Waals surface area contributed by atoms with Gasteiger partial charge in [0.2, 0.25) is 0 Å². The summed E-state index contributed by atoms with van der Waals surface area (Å²) >= 11 is 0. The van der Waals surface area contributed by atoms with Crippen LogP contribution in [0.1, 0.15) is 85.5 Å². The van der Waals surface area contributed by atoms with Crippen LogP contribution in [-0.4, -0.2) is 34.1 Å². The first-order valence-corrected chi connectivity index (χ1v) is 12.5.